The van der Waals surface area contributed by atoms with Crippen molar-refractivity contribution in [3.63, 3.8) is 0 Å². The van der Waals surface area contributed by atoms with E-state index in [1.165, 1.54) is 0 Å². The summed E-state index contributed by atoms with van der Waals surface area (Å²) in [5.74, 6) is 0.981. The second kappa shape index (κ2) is 5.00. The first-order valence-electron chi connectivity index (χ1n) is 6.38. The summed E-state index contributed by atoms with van der Waals surface area (Å²) in [6.07, 6.45) is 0.519. The topological polar surface area (TPSA) is 46.9 Å². The Bertz CT molecular complexity index is 411. The van der Waals surface area contributed by atoms with Crippen LogP contribution in [0.2, 0.25) is 0 Å². The zero-order valence-corrected chi connectivity index (χ0v) is 10.9. The molecule has 2 rings (SSSR count). The van der Waals surface area contributed by atoms with E-state index < -0.39 is 0 Å². The maximum Gasteiger partial charge on any atom is 0.143 e. The minimum atomic E-state index is 0.176. The van der Waals surface area contributed by atoms with Gasteiger partial charge in [0.25, 0.3) is 0 Å². The lowest BCUT2D eigenvalue weighted by atomic mass is 9.91. The molecule has 0 amide bonds. The number of carbonyl (C=O) groups excluding carboxylic acids is 1. The summed E-state index contributed by atoms with van der Waals surface area (Å²) in [6.45, 7) is 8.79. The standard InChI is InChI=1S/C13H21N3O/c1-4-16-11(5-10(3)15-16)6-13(17)12-8-14-7-9(12)2/h5,9,12,14H,4,6-8H2,1-3H3. The third kappa shape index (κ3) is 2.57. The van der Waals surface area contributed by atoms with Crippen molar-refractivity contribution >= 4 is 5.78 Å². The number of hydrogen-bond donors (Lipinski definition) is 1. The summed E-state index contributed by atoms with van der Waals surface area (Å²) < 4.78 is 1.93. The van der Waals surface area contributed by atoms with E-state index in [0.29, 0.717) is 18.1 Å². The minimum absolute atomic E-state index is 0.176. The van der Waals surface area contributed by atoms with E-state index in [2.05, 4.69) is 24.3 Å². The molecule has 0 bridgehead atoms. The third-order valence-electron chi connectivity index (χ3n) is 3.57. The fourth-order valence-corrected chi connectivity index (χ4v) is 2.57. The number of nitrogens with zero attached hydrogens (tertiary/aromatic N) is 2. The molecule has 1 aromatic rings. The summed E-state index contributed by atoms with van der Waals surface area (Å²) >= 11 is 0. The van der Waals surface area contributed by atoms with Gasteiger partial charge in [0.05, 0.1) is 5.69 Å². The van der Waals surface area contributed by atoms with Gasteiger partial charge in [-0.1, -0.05) is 6.92 Å². The predicted molar refractivity (Wildman–Crippen MR) is 66.9 cm³/mol. The van der Waals surface area contributed by atoms with E-state index in [1.807, 2.05) is 17.7 Å². The lowest BCUT2D eigenvalue weighted by Crippen LogP contribution is -2.24. The van der Waals surface area contributed by atoms with Crippen molar-refractivity contribution in [1.29, 1.82) is 0 Å². The Labute approximate surface area is 102 Å². The summed E-state index contributed by atoms with van der Waals surface area (Å²) in [5.41, 5.74) is 2.04. The van der Waals surface area contributed by atoms with Gasteiger partial charge in [-0.25, -0.2) is 0 Å². The van der Waals surface area contributed by atoms with Crippen LogP contribution < -0.4 is 5.32 Å². The Balaban J connectivity index is 2.07. The van der Waals surface area contributed by atoms with Crippen molar-refractivity contribution in [1.82, 2.24) is 15.1 Å². The zero-order chi connectivity index (χ0) is 12.4. The maximum absolute atomic E-state index is 12.2. The highest BCUT2D eigenvalue weighted by molar-refractivity contribution is 5.83. The van der Waals surface area contributed by atoms with E-state index in [0.717, 1.165) is 31.0 Å². The fourth-order valence-electron chi connectivity index (χ4n) is 2.57. The maximum atomic E-state index is 12.2. The molecule has 0 saturated carbocycles. The van der Waals surface area contributed by atoms with Crippen LogP contribution in [0.1, 0.15) is 25.2 Å². The van der Waals surface area contributed by atoms with E-state index in [1.54, 1.807) is 0 Å². The van der Waals surface area contributed by atoms with E-state index >= 15 is 0 Å². The van der Waals surface area contributed by atoms with Crippen LogP contribution >= 0.6 is 0 Å². The second-order valence-electron chi connectivity index (χ2n) is 4.98. The fraction of sp³-hybridized carbons (Fsp3) is 0.692. The zero-order valence-electron chi connectivity index (χ0n) is 10.9. The molecule has 0 aromatic carbocycles. The van der Waals surface area contributed by atoms with E-state index in [9.17, 15) is 4.79 Å². The quantitative estimate of drug-likeness (QED) is 0.852. The van der Waals surface area contributed by atoms with Crippen LogP contribution in [-0.2, 0) is 17.8 Å². The van der Waals surface area contributed by atoms with Crippen LogP contribution in [0.15, 0.2) is 6.07 Å². The van der Waals surface area contributed by atoms with Crippen molar-refractivity contribution in [2.75, 3.05) is 13.1 Å². The third-order valence-corrected chi connectivity index (χ3v) is 3.57. The first kappa shape index (κ1) is 12.3. The Kier molecular flexibility index (Phi) is 3.62. The first-order chi connectivity index (χ1) is 8.11. The van der Waals surface area contributed by atoms with Gasteiger partial charge in [0.2, 0.25) is 0 Å². The van der Waals surface area contributed by atoms with E-state index in [-0.39, 0.29) is 5.92 Å². The Hall–Kier alpha value is -1.16. The van der Waals surface area contributed by atoms with Crippen molar-refractivity contribution in [3.8, 4) is 0 Å². The second-order valence-corrected chi connectivity index (χ2v) is 4.98. The first-order valence-corrected chi connectivity index (χ1v) is 6.38. The normalized spacial score (nSPS) is 24.2. The monoisotopic (exact) mass is 235 g/mol. The van der Waals surface area contributed by atoms with Crippen LogP contribution in [0.25, 0.3) is 0 Å². The molecule has 1 aliphatic rings. The van der Waals surface area contributed by atoms with Gasteiger partial charge in [-0.15, -0.1) is 0 Å². The van der Waals surface area contributed by atoms with Crippen molar-refractivity contribution in [2.24, 2.45) is 11.8 Å². The molecule has 1 saturated heterocycles. The molecule has 2 atom stereocenters. The molecule has 17 heavy (non-hydrogen) atoms. The van der Waals surface area contributed by atoms with Crippen LogP contribution in [0.3, 0.4) is 0 Å². The molecular weight excluding hydrogens is 214 g/mol. The number of aryl methyl sites for hydroxylation is 2. The van der Waals surface area contributed by atoms with Gasteiger partial charge < -0.3 is 5.32 Å². The average Bonchev–Trinajstić information content (AvgIpc) is 2.84. The molecule has 2 heterocycles. The highest BCUT2D eigenvalue weighted by Gasteiger charge is 2.29. The molecule has 4 nitrogen and oxygen atoms in total. The number of ketones is 1. The molecule has 1 fully saturated rings. The Morgan fingerprint density at radius 2 is 2.35 bits per heavy atom. The van der Waals surface area contributed by atoms with Crippen LogP contribution in [0, 0.1) is 18.8 Å². The van der Waals surface area contributed by atoms with Crippen molar-refractivity contribution < 1.29 is 4.79 Å². The molecule has 1 N–H and O–H groups in total. The van der Waals surface area contributed by atoms with Gasteiger partial charge in [-0.2, -0.15) is 5.10 Å². The summed E-state index contributed by atoms with van der Waals surface area (Å²) in [6, 6.07) is 2.02. The van der Waals surface area contributed by atoms with Crippen LogP contribution in [-0.4, -0.2) is 28.7 Å². The highest BCUT2D eigenvalue weighted by Crippen LogP contribution is 2.19. The van der Waals surface area contributed by atoms with Gasteiger partial charge in [0.1, 0.15) is 5.78 Å². The highest BCUT2D eigenvalue weighted by atomic mass is 16.1. The Morgan fingerprint density at radius 3 is 2.94 bits per heavy atom. The Morgan fingerprint density at radius 1 is 1.59 bits per heavy atom. The predicted octanol–water partition coefficient (Wildman–Crippen LogP) is 1.18. The summed E-state index contributed by atoms with van der Waals surface area (Å²) in [4.78, 5) is 12.2. The lowest BCUT2D eigenvalue weighted by molar-refractivity contribution is -0.122. The van der Waals surface area contributed by atoms with Crippen LogP contribution in [0.5, 0.6) is 0 Å². The number of nitrogens with one attached hydrogen (secondary N) is 1. The SMILES string of the molecule is CCn1nc(C)cc1CC(=O)C1CNCC1C. The van der Waals surface area contributed by atoms with Gasteiger partial charge in [-0.3, -0.25) is 9.48 Å². The molecule has 1 aromatic heterocycles. The number of rotatable bonds is 4. The number of Topliss-reactive ketones (excluding diaryl/α,β-unsaturated/α-hetero) is 1. The number of hydrogen-bond acceptors (Lipinski definition) is 3. The minimum Gasteiger partial charge on any atom is -0.316 e. The molecule has 0 radical (unpaired) electrons. The van der Waals surface area contributed by atoms with Gasteiger partial charge in [-0.05, 0) is 32.4 Å². The largest absolute Gasteiger partial charge is 0.316 e. The van der Waals surface area contributed by atoms with Gasteiger partial charge in [0.15, 0.2) is 0 Å². The molecule has 94 valence electrons. The van der Waals surface area contributed by atoms with Gasteiger partial charge >= 0.3 is 0 Å². The van der Waals surface area contributed by atoms with Crippen molar-refractivity contribution in [2.45, 2.75) is 33.7 Å². The van der Waals surface area contributed by atoms with Gasteiger partial charge in [0, 0.05) is 31.1 Å². The molecule has 1 aliphatic heterocycles. The van der Waals surface area contributed by atoms with E-state index in [4.69, 9.17) is 0 Å². The molecule has 4 heteroatoms. The summed E-state index contributed by atoms with van der Waals surface area (Å²) in [5, 5.41) is 7.66. The average molecular weight is 235 g/mol. The number of carbonyl (C=O) groups is 1. The molecule has 2 unspecified atom stereocenters. The molecule has 0 spiro atoms. The smallest absolute Gasteiger partial charge is 0.143 e. The van der Waals surface area contributed by atoms with Crippen LogP contribution in [0.4, 0.5) is 0 Å². The number of aromatic nitrogens is 2. The lowest BCUT2D eigenvalue weighted by Gasteiger charge is -2.13. The molecular formula is C13H21N3O. The van der Waals surface area contributed by atoms with Crippen molar-refractivity contribution in [3.05, 3.63) is 17.5 Å². The molecule has 0 aliphatic carbocycles. The summed E-state index contributed by atoms with van der Waals surface area (Å²) in [7, 11) is 0.